The van der Waals surface area contributed by atoms with E-state index in [1.54, 1.807) is 0 Å². The molecule has 0 unspecified atom stereocenters. The molecule has 0 bridgehead atoms. The number of carbonyl (C=O) groups excluding carboxylic acids is 3. The lowest BCUT2D eigenvalue weighted by Gasteiger charge is -2.34. The molecule has 5 aromatic rings. The molecule has 4 saturated heterocycles. The first kappa shape index (κ1) is 41.9. The number of ether oxygens (including phenoxy) is 2. The van der Waals surface area contributed by atoms with Gasteiger partial charge in [0.25, 0.3) is 0 Å². The average molecular weight is 843 g/mol. The molecule has 13 heteroatoms. The number of fused-ring (bicyclic) bond motifs is 2. The van der Waals surface area contributed by atoms with Gasteiger partial charge in [-0.05, 0) is 122 Å². The fraction of sp³-hybridized carbons (Fsp3) is 0.531. The van der Waals surface area contributed by atoms with E-state index in [9.17, 15) is 14.4 Å². The molecular weight excluding hydrogens is 781 g/mol. The number of aromatic nitrogens is 4. The smallest absolute Gasteiger partial charge is 0.407 e. The van der Waals surface area contributed by atoms with Crippen molar-refractivity contribution in [1.29, 1.82) is 0 Å². The van der Waals surface area contributed by atoms with Gasteiger partial charge in [-0.25, -0.2) is 14.8 Å². The van der Waals surface area contributed by atoms with E-state index in [-0.39, 0.29) is 41.9 Å². The molecule has 4 aliphatic heterocycles. The molecule has 9 rings (SSSR count). The van der Waals surface area contributed by atoms with Crippen LogP contribution in [0.4, 0.5) is 10.5 Å². The number of aromatic amines is 2. The van der Waals surface area contributed by atoms with Crippen molar-refractivity contribution in [3.63, 3.8) is 0 Å². The molecule has 2 aromatic heterocycles. The van der Waals surface area contributed by atoms with Crippen LogP contribution in [0.15, 0.2) is 60.7 Å². The van der Waals surface area contributed by atoms with Crippen LogP contribution in [0.3, 0.4) is 0 Å². The fourth-order valence-corrected chi connectivity index (χ4v) is 10.6. The second-order valence-electron chi connectivity index (χ2n) is 18.7. The summed E-state index contributed by atoms with van der Waals surface area (Å²) in [7, 11) is 1.31. The molecular formula is C49H62N8O5. The van der Waals surface area contributed by atoms with Gasteiger partial charge in [-0.1, -0.05) is 52.0 Å². The van der Waals surface area contributed by atoms with Crippen LogP contribution in [0.2, 0.25) is 0 Å². The van der Waals surface area contributed by atoms with Gasteiger partial charge in [-0.3, -0.25) is 9.59 Å². The van der Waals surface area contributed by atoms with Gasteiger partial charge in [-0.15, -0.1) is 0 Å². The van der Waals surface area contributed by atoms with Gasteiger partial charge < -0.3 is 39.5 Å². The SMILES string of the molecule is COC(=O)N[C@H](C(=O)N1CCC[C@H]1c1nc2ccc([C@H]3CC[C@H](c4ccc5nc([C@@H]6CCCN6C(=O)CC(C)C)[nH]c5c4)N3c3ccc(C4CCOCC4)cc3)cc2[nH]1)C(C)C. The zero-order chi connectivity index (χ0) is 43.1. The summed E-state index contributed by atoms with van der Waals surface area (Å²) in [5, 5.41) is 2.75. The van der Waals surface area contributed by atoms with E-state index in [1.807, 2.05) is 23.6 Å². The number of imidazole rings is 2. The number of benzene rings is 3. The van der Waals surface area contributed by atoms with Crippen molar-refractivity contribution >= 4 is 45.7 Å². The van der Waals surface area contributed by atoms with Gasteiger partial charge in [0.1, 0.15) is 17.7 Å². The van der Waals surface area contributed by atoms with Gasteiger partial charge in [-0.2, -0.15) is 0 Å². The summed E-state index contributed by atoms with van der Waals surface area (Å²) in [5.41, 5.74) is 8.75. The van der Waals surface area contributed by atoms with Gasteiger partial charge in [0.15, 0.2) is 0 Å². The van der Waals surface area contributed by atoms with Crippen LogP contribution in [0.25, 0.3) is 22.1 Å². The first-order chi connectivity index (χ1) is 30.1. The van der Waals surface area contributed by atoms with E-state index in [0.29, 0.717) is 24.8 Å². The summed E-state index contributed by atoms with van der Waals surface area (Å²) in [5.74, 6) is 2.47. The predicted molar refractivity (Wildman–Crippen MR) is 240 cm³/mol. The normalized spacial score (nSPS) is 22.7. The molecule has 4 aliphatic rings. The number of carbonyl (C=O) groups is 3. The second kappa shape index (κ2) is 17.7. The number of hydrogen-bond acceptors (Lipinski definition) is 8. The topological polar surface area (TPSA) is 149 Å². The van der Waals surface area contributed by atoms with E-state index in [0.717, 1.165) is 105 Å². The summed E-state index contributed by atoms with van der Waals surface area (Å²) in [6.07, 6.45) is 7.54. The highest BCUT2D eigenvalue weighted by Gasteiger charge is 2.39. The minimum Gasteiger partial charge on any atom is -0.453 e. The lowest BCUT2D eigenvalue weighted by atomic mass is 9.91. The van der Waals surface area contributed by atoms with Crippen LogP contribution in [-0.2, 0) is 19.1 Å². The maximum Gasteiger partial charge on any atom is 0.407 e. The number of rotatable bonds is 11. The maximum absolute atomic E-state index is 13.9. The molecule has 3 amide bonds. The van der Waals surface area contributed by atoms with Crippen molar-refractivity contribution in [2.45, 2.75) is 122 Å². The van der Waals surface area contributed by atoms with Crippen LogP contribution < -0.4 is 10.2 Å². The molecule has 0 radical (unpaired) electrons. The number of hydrogen-bond donors (Lipinski definition) is 3. The van der Waals surface area contributed by atoms with Crippen molar-refractivity contribution in [2.24, 2.45) is 11.8 Å². The zero-order valence-corrected chi connectivity index (χ0v) is 36.9. The van der Waals surface area contributed by atoms with E-state index in [4.69, 9.17) is 19.4 Å². The molecule has 3 aromatic carbocycles. The number of nitrogens with zero attached hydrogens (tertiary/aromatic N) is 5. The van der Waals surface area contributed by atoms with Gasteiger partial charge in [0, 0.05) is 38.4 Å². The minimum atomic E-state index is -0.690. The third-order valence-electron chi connectivity index (χ3n) is 13.8. The lowest BCUT2D eigenvalue weighted by molar-refractivity contribution is -0.135. The van der Waals surface area contributed by atoms with Crippen molar-refractivity contribution < 1.29 is 23.9 Å². The molecule has 5 atom stereocenters. The summed E-state index contributed by atoms with van der Waals surface area (Å²) in [4.78, 5) is 63.1. The van der Waals surface area contributed by atoms with E-state index >= 15 is 0 Å². The summed E-state index contributed by atoms with van der Waals surface area (Å²) >= 11 is 0. The monoisotopic (exact) mass is 842 g/mol. The Morgan fingerprint density at radius 1 is 0.726 bits per heavy atom. The Morgan fingerprint density at radius 3 is 1.82 bits per heavy atom. The number of methoxy groups -OCH3 is 1. The maximum atomic E-state index is 13.9. The number of nitrogens with one attached hydrogen (secondary N) is 3. The van der Waals surface area contributed by atoms with Gasteiger partial charge in [0.05, 0.1) is 53.3 Å². The Hall–Kier alpha value is -5.43. The Labute approximate surface area is 364 Å². The molecule has 0 saturated carbocycles. The first-order valence-corrected chi connectivity index (χ1v) is 23.0. The zero-order valence-electron chi connectivity index (χ0n) is 36.9. The standard InChI is InChI=1S/C49H62N8O5/c1-29(2)26-44(58)55-22-6-8-42(55)46-50-36-16-12-33(27-38(36)52-46)40-18-19-41(57(40)35-14-10-31(11-15-35)32-20-24-62-25-21-32)34-13-17-37-39(28-34)53-47(51-37)43-9-7-23-56(43)48(59)45(30(3)4)54-49(60)61-5/h10-17,27-30,32,40-43,45H,6-9,18-26H2,1-5H3,(H,50,52)(H,51,53)(H,54,60)/t40-,41-,42+,43+,45+/m1/s1. The van der Waals surface area contributed by atoms with Crippen LogP contribution in [0, 0.1) is 11.8 Å². The molecule has 62 heavy (non-hydrogen) atoms. The van der Waals surface area contributed by atoms with Crippen molar-refractivity contribution in [3.8, 4) is 0 Å². The Balaban J connectivity index is 1.02. The third-order valence-corrected chi connectivity index (χ3v) is 13.8. The van der Waals surface area contributed by atoms with Crippen LogP contribution in [0.1, 0.15) is 144 Å². The Morgan fingerprint density at radius 2 is 1.27 bits per heavy atom. The Bertz CT molecular complexity index is 2400. The molecule has 3 N–H and O–H groups in total. The minimum absolute atomic E-state index is 0.0191. The molecule has 0 aliphatic carbocycles. The molecule has 4 fully saturated rings. The van der Waals surface area contributed by atoms with Crippen LogP contribution >= 0.6 is 0 Å². The molecule has 0 spiro atoms. The average Bonchev–Trinajstić information content (AvgIpc) is 4.13. The molecule has 6 heterocycles. The highest BCUT2D eigenvalue weighted by Crippen LogP contribution is 2.48. The van der Waals surface area contributed by atoms with Crippen LogP contribution in [-0.4, -0.2) is 87.1 Å². The Kier molecular flexibility index (Phi) is 12.0. The number of H-pyrrole nitrogens is 2. The van der Waals surface area contributed by atoms with Gasteiger partial charge >= 0.3 is 6.09 Å². The number of anilines is 1. The second-order valence-corrected chi connectivity index (χ2v) is 18.7. The molecule has 328 valence electrons. The van der Waals surface area contributed by atoms with Crippen molar-refractivity contribution in [3.05, 3.63) is 89.0 Å². The highest BCUT2D eigenvalue weighted by atomic mass is 16.5. The third kappa shape index (κ3) is 8.27. The number of alkyl carbamates (subject to hydrolysis) is 1. The van der Waals surface area contributed by atoms with Crippen molar-refractivity contribution in [2.75, 3.05) is 38.3 Å². The highest BCUT2D eigenvalue weighted by molar-refractivity contribution is 5.87. The summed E-state index contributed by atoms with van der Waals surface area (Å²) in [6, 6.07) is 21.8. The number of likely N-dealkylation sites (tertiary alicyclic amines) is 2. The predicted octanol–water partition coefficient (Wildman–Crippen LogP) is 9.17. The largest absolute Gasteiger partial charge is 0.453 e. The van der Waals surface area contributed by atoms with Crippen LogP contribution in [0.5, 0.6) is 0 Å². The summed E-state index contributed by atoms with van der Waals surface area (Å²) < 4.78 is 10.5. The fourth-order valence-electron chi connectivity index (χ4n) is 10.6. The van der Waals surface area contributed by atoms with Gasteiger partial charge in [0.2, 0.25) is 11.8 Å². The quantitative estimate of drug-likeness (QED) is 0.119. The number of amides is 3. The summed E-state index contributed by atoms with van der Waals surface area (Å²) in [6.45, 7) is 11.1. The van der Waals surface area contributed by atoms with Crippen molar-refractivity contribution in [1.82, 2.24) is 35.1 Å². The lowest BCUT2D eigenvalue weighted by Crippen LogP contribution is -2.51. The first-order valence-electron chi connectivity index (χ1n) is 23.0. The van der Waals surface area contributed by atoms with E-state index in [2.05, 4.69) is 94.7 Å². The molecule has 13 nitrogen and oxygen atoms in total. The van der Waals surface area contributed by atoms with E-state index in [1.165, 1.54) is 29.5 Å². The van der Waals surface area contributed by atoms with E-state index < -0.39 is 12.1 Å².